The minimum atomic E-state index is -0.908. The summed E-state index contributed by atoms with van der Waals surface area (Å²) in [6.07, 6.45) is 5.11. The molecule has 0 radical (unpaired) electrons. The van der Waals surface area contributed by atoms with Crippen LogP contribution in [0.1, 0.15) is 45.4 Å². The molecule has 190 valence electrons. The molecule has 4 rings (SSSR count). The maximum absolute atomic E-state index is 11.9. The van der Waals surface area contributed by atoms with Crippen molar-refractivity contribution in [2.75, 3.05) is 35.0 Å². The molecule has 1 fully saturated rings. The van der Waals surface area contributed by atoms with E-state index in [1.165, 1.54) is 0 Å². The van der Waals surface area contributed by atoms with Crippen LogP contribution in [0.4, 0.5) is 0 Å². The number of ketones is 1. The number of carbonyl (C=O) groups excluding carboxylic acids is 1. The average molecular weight is 479 g/mol. The van der Waals surface area contributed by atoms with Gasteiger partial charge < -0.3 is 33.5 Å². The van der Waals surface area contributed by atoms with Crippen LogP contribution in [0.5, 0.6) is 0 Å². The molecular formula is C26H38O8. The van der Waals surface area contributed by atoms with E-state index in [1.807, 2.05) is 6.08 Å². The van der Waals surface area contributed by atoms with Gasteiger partial charge in [0.05, 0.1) is 34.0 Å². The summed E-state index contributed by atoms with van der Waals surface area (Å²) in [5.74, 6) is 3.78. The minimum absolute atomic E-state index is 0.0760. The van der Waals surface area contributed by atoms with E-state index in [9.17, 15) is 9.90 Å². The van der Waals surface area contributed by atoms with E-state index < -0.39 is 6.29 Å². The Hall–Kier alpha value is -2.03. The zero-order valence-corrected chi connectivity index (χ0v) is 20.9. The predicted octanol–water partition coefficient (Wildman–Crippen LogP) is 3.46. The van der Waals surface area contributed by atoms with Gasteiger partial charge in [0, 0.05) is 38.2 Å². The van der Waals surface area contributed by atoms with Crippen LogP contribution >= 0.6 is 0 Å². The lowest BCUT2D eigenvalue weighted by Crippen LogP contribution is -2.50. The van der Waals surface area contributed by atoms with E-state index in [0.717, 1.165) is 47.9 Å². The number of hydrogen-bond donors (Lipinski definition) is 1. The number of aliphatic hydroxyl groups excluding tert-OH is 1. The summed E-state index contributed by atoms with van der Waals surface area (Å²) in [5.41, 5.74) is 0.799. The van der Waals surface area contributed by atoms with Crippen molar-refractivity contribution in [1.82, 2.24) is 0 Å². The van der Waals surface area contributed by atoms with Crippen LogP contribution in [0.25, 0.3) is 0 Å². The van der Waals surface area contributed by atoms with E-state index in [-0.39, 0.29) is 41.7 Å². The molecule has 0 bridgehead atoms. The number of carbonyl (C=O) groups is 1. The molecule has 1 aliphatic heterocycles. The second-order valence-corrected chi connectivity index (χ2v) is 9.75. The lowest BCUT2D eigenvalue weighted by atomic mass is 9.66. The highest BCUT2D eigenvalue weighted by Gasteiger charge is 2.48. The Kier molecular flexibility index (Phi) is 7.90. The molecule has 0 spiro atoms. The first-order valence-corrected chi connectivity index (χ1v) is 12.2. The van der Waals surface area contributed by atoms with E-state index in [1.54, 1.807) is 35.4 Å². The summed E-state index contributed by atoms with van der Waals surface area (Å²) in [6.45, 7) is 2.09. The first-order chi connectivity index (χ1) is 16.4. The van der Waals surface area contributed by atoms with Gasteiger partial charge in [0.1, 0.15) is 23.4 Å². The topological polar surface area (TPSA) is 92.7 Å². The van der Waals surface area contributed by atoms with Crippen molar-refractivity contribution in [3.8, 4) is 0 Å². The Morgan fingerprint density at radius 2 is 1.79 bits per heavy atom. The molecule has 3 aliphatic carbocycles. The lowest BCUT2D eigenvalue weighted by Gasteiger charge is -2.48. The first-order valence-electron chi connectivity index (χ1n) is 12.2. The fourth-order valence-corrected chi connectivity index (χ4v) is 6.14. The third kappa shape index (κ3) is 4.86. The summed E-state index contributed by atoms with van der Waals surface area (Å²) < 4.78 is 34.8. The van der Waals surface area contributed by atoms with Gasteiger partial charge in [-0.25, -0.2) is 0 Å². The standard InChI is InChI=1S/C26H38O8/c1-14(27)16-6-7-17-18-11-21(29-2)22(12-20(18)34-26(28)19(17)10-16)33-13-15-8-23(30-3)25(32-5)24(9-15)31-4/h10,15,17-20,23,26,28H,6-9,11-13H2,1-5H3/t15-,17?,18-,19+,20-,23+,26?/m0/s1. The van der Waals surface area contributed by atoms with E-state index in [0.29, 0.717) is 25.9 Å². The van der Waals surface area contributed by atoms with Gasteiger partial charge in [-0.15, -0.1) is 0 Å². The number of rotatable bonds is 8. The molecular weight excluding hydrogens is 440 g/mol. The fraction of sp³-hybridized carbons (Fsp3) is 0.731. The van der Waals surface area contributed by atoms with Crippen molar-refractivity contribution in [3.05, 3.63) is 34.7 Å². The number of Topliss-reactive ketones (excluding diaryl/α,β-unsaturated/α-hetero) is 1. The summed E-state index contributed by atoms with van der Waals surface area (Å²) in [6, 6.07) is 0. The SMILES string of the molecule is COC1=C(OC[C@@H]2CC(OC)=C(OC)[C@H](OC)C2)C[C@@H]2OC(O)[C@@H]3C=C(C(C)=O)CCC3[C@@H]2C1. The van der Waals surface area contributed by atoms with Crippen molar-refractivity contribution in [2.24, 2.45) is 23.7 Å². The van der Waals surface area contributed by atoms with Gasteiger partial charge in [-0.3, -0.25) is 4.79 Å². The molecule has 0 aromatic rings. The Balaban J connectivity index is 1.46. The van der Waals surface area contributed by atoms with E-state index >= 15 is 0 Å². The van der Waals surface area contributed by atoms with Gasteiger partial charge in [0.2, 0.25) is 0 Å². The van der Waals surface area contributed by atoms with Crippen molar-refractivity contribution >= 4 is 5.78 Å². The summed E-state index contributed by atoms with van der Waals surface area (Å²) in [7, 11) is 6.64. The van der Waals surface area contributed by atoms with Gasteiger partial charge in [0.25, 0.3) is 0 Å². The summed E-state index contributed by atoms with van der Waals surface area (Å²) in [5, 5.41) is 10.7. The van der Waals surface area contributed by atoms with Crippen LogP contribution in [-0.2, 0) is 33.2 Å². The van der Waals surface area contributed by atoms with E-state index in [2.05, 4.69) is 0 Å². The van der Waals surface area contributed by atoms with Crippen molar-refractivity contribution in [2.45, 2.75) is 63.9 Å². The van der Waals surface area contributed by atoms with Gasteiger partial charge in [-0.2, -0.15) is 0 Å². The highest BCUT2D eigenvalue weighted by atomic mass is 16.6. The van der Waals surface area contributed by atoms with Crippen molar-refractivity contribution in [3.63, 3.8) is 0 Å². The first kappa shape index (κ1) is 25.1. The highest BCUT2D eigenvalue weighted by molar-refractivity contribution is 5.93. The Bertz CT molecular complexity index is 859. The lowest BCUT2D eigenvalue weighted by molar-refractivity contribution is -0.230. The molecule has 34 heavy (non-hydrogen) atoms. The molecule has 4 aliphatic rings. The maximum Gasteiger partial charge on any atom is 0.162 e. The monoisotopic (exact) mass is 478 g/mol. The zero-order chi connectivity index (χ0) is 24.4. The zero-order valence-electron chi connectivity index (χ0n) is 20.9. The molecule has 8 nitrogen and oxygen atoms in total. The second kappa shape index (κ2) is 10.7. The Labute approximate surface area is 201 Å². The van der Waals surface area contributed by atoms with Crippen LogP contribution in [0.2, 0.25) is 0 Å². The summed E-state index contributed by atoms with van der Waals surface area (Å²) >= 11 is 0. The van der Waals surface area contributed by atoms with Crippen LogP contribution < -0.4 is 0 Å². The number of aliphatic hydroxyl groups is 1. The van der Waals surface area contributed by atoms with Gasteiger partial charge in [-0.1, -0.05) is 6.08 Å². The molecule has 0 aromatic heterocycles. The Morgan fingerprint density at radius 3 is 2.44 bits per heavy atom. The number of methoxy groups -OCH3 is 4. The quantitative estimate of drug-likeness (QED) is 0.567. The molecule has 2 unspecified atom stereocenters. The molecule has 0 aromatic carbocycles. The minimum Gasteiger partial charge on any atom is -0.498 e. The number of hydrogen-bond acceptors (Lipinski definition) is 8. The molecule has 0 saturated carbocycles. The number of fused-ring (bicyclic) bond motifs is 3. The molecule has 1 saturated heterocycles. The van der Waals surface area contributed by atoms with Gasteiger partial charge in [-0.05, 0) is 43.6 Å². The van der Waals surface area contributed by atoms with Gasteiger partial charge >= 0.3 is 0 Å². The molecule has 1 N–H and O–H groups in total. The third-order valence-electron chi connectivity index (χ3n) is 7.96. The number of ether oxygens (including phenoxy) is 6. The van der Waals surface area contributed by atoms with Crippen molar-refractivity contribution < 1.29 is 38.3 Å². The normalized spacial score (nSPS) is 35.7. The molecule has 7 atom stereocenters. The van der Waals surface area contributed by atoms with Crippen molar-refractivity contribution in [1.29, 1.82) is 0 Å². The summed E-state index contributed by atoms with van der Waals surface area (Å²) in [4.78, 5) is 11.9. The molecule has 0 amide bonds. The van der Waals surface area contributed by atoms with Crippen LogP contribution in [0.15, 0.2) is 34.7 Å². The van der Waals surface area contributed by atoms with Crippen LogP contribution in [0.3, 0.4) is 0 Å². The predicted molar refractivity (Wildman–Crippen MR) is 123 cm³/mol. The average Bonchev–Trinajstić information content (AvgIpc) is 2.85. The van der Waals surface area contributed by atoms with E-state index in [4.69, 9.17) is 28.4 Å². The second-order valence-electron chi connectivity index (χ2n) is 9.75. The molecule has 1 heterocycles. The fourth-order valence-electron chi connectivity index (χ4n) is 6.14. The Morgan fingerprint density at radius 1 is 1.03 bits per heavy atom. The maximum atomic E-state index is 11.9. The largest absolute Gasteiger partial charge is 0.498 e. The molecule has 8 heteroatoms. The van der Waals surface area contributed by atoms with Gasteiger partial charge in [0.15, 0.2) is 17.8 Å². The highest BCUT2D eigenvalue weighted by Crippen LogP contribution is 2.49. The number of allylic oxidation sites excluding steroid dienone is 3. The van der Waals surface area contributed by atoms with Crippen LogP contribution in [-0.4, -0.2) is 64.4 Å². The van der Waals surface area contributed by atoms with Crippen LogP contribution in [0, 0.1) is 23.7 Å². The third-order valence-corrected chi connectivity index (χ3v) is 7.96. The smallest absolute Gasteiger partial charge is 0.162 e.